The van der Waals surface area contributed by atoms with Crippen LogP contribution in [0, 0.1) is 28.6 Å². The standard InChI is InChI=1S/C20H28N2O2/c1-5-24-19(23)18(13-21)20(12-17-9-7-6-8-10-17)11-16(3)22(4)14-15(20)2/h6-10,15-16,18H,5,11-12,14H2,1-4H3/t15-,16-,18+,20+/m0/s1. The highest BCUT2D eigenvalue weighted by molar-refractivity contribution is 5.76. The van der Waals surface area contributed by atoms with Crippen molar-refractivity contribution >= 4 is 5.97 Å². The van der Waals surface area contributed by atoms with Crippen molar-refractivity contribution in [1.29, 1.82) is 5.26 Å². The van der Waals surface area contributed by atoms with Crippen LogP contribution in [0.4, 0.5) is 0 Å². The van der Waals surface area contributed by atoms with E-state index >= 15 is 0 Å². The van der Waals surface area contributed by atoms with Crippen molar-refractivity contribution in [3.8, 4) is 6.07 Å². The quantitative estimate of drug-likeness (QED) is 0.778. The highest BCUT2D eigenvalue weighted by Crippen LogP contribution is 2.47. The van der Waals surface area contributed by atoms with Crippen molar-refractivity contribution in [2.24, 2.45) is 17.3 Å². The normalized spacial score (nSPS) is 28.8. The number of hydrogen-bond donors (Lipinski definition) is 0. The Bertz CT molecular complexity index is 595. The number of benzene rings is 1. The maximum Gasteiger partial charge on any atom is 0.323 e. The summed E-state index contributed by atoms with van der Waals surface area (Å²) in [7, 11) is 2.11. The zero-order valence-corrected chi connectivity index (χ0v) is 15.2. The molecular weight excluding hydrogens is 300 g/mol. The fourth-order valence-electron chi connectivity index (χ4n) is 4.07. The smallest absolute Gasteiger partial charge is 0.323 e. The lowest BCUT2D eigenvalue weighted by molar-refractivity contribution is -0.154. The van der Waals surface area contributed by atoms with E-state index in [0.717, 1.165) is 19.4 Å². The lowest BCUT2D eigenvalue weighted by Crippen LogP contribution is -2.55. The van der Waals surface area contributed by atoms with Gasteiger partial charge < -0.3 is 9.64 Å². The van der Waals surface area contributed by atoms with Gasteiger partial charge in [-0.2, -0.15) is 5.26 Å². The van der Waals surface area contributed by atoms with E-state index in [1.54, 1.807) is 6.92 Å². The first-order chi connectivity index (χ1) is 11.4. The first kappa shape index (κ1) is 18.5. The molecule has 0 bridgehead atoms. The molecular formula is C20H28N2O2. The summed E-state index contributed by atoms with van der Waals surface area (Å²) in [4.78, 5) is 14.9. The number of carbonyl (C=O) groups excluding carboxylic acids is 1. The highest BCUT2D eigenvalue weighted by atomic mass is 16.5. The molecule has 2 rings (SSSR count). The number of ether oxygens (including phenoxy) is 1. The minimum Gasteiger partial charge on any atom is -0.465 e. The average Bonchev–Trinajstić information content (AvgIpc) is 2.55. The number of likely N-dealkylation sites (tertiary alicyclic amines) is 1. The molecule has 0 saturated carbocycles. The van der Waals surface area contributed by atoms with Crippen LogP contribution >= 0.6 is 0 Å². The molecule has 0 aliphatic carbocycles. The van der Waals surface area contributed by atoms with Crippen molar-refractivity contribution in [1.82, 2.24) is 4.90 Å². The van der Waals surface area contributed by atoms with Crippen LogP contribution in [0.5, 0.6) is 0 Å². The predicted octanol–water partition coefficient (Wildman–Crippen LogP) is 3.28. The fourth-order valence-corrected chi connectivity index (χ4v) is 4.07. The summed E-state index contributed by atoms with van der Waals surface area (Å²) in [5.74, 6) is -0.878. The minimum atomic E-state index is -0.733. The summed E-state index contributed by atoms with van der Waals surface area (Å²) < 4.78 is 5.25. The molecule has 4 atom stereocenters. The first-order valence-electron chi connectivity index (χ1n) is 8.75. The van der Waals surface area contributed by atoms with E-state index in [4.69, 9.17) is 4.74 Å². The third-order valence-corrected chi connectivity index (χ3v) is 5.57. The van der Waals surface area contributed by atoms with Crippen molar-refractivity contribution < 1.29 is 9.53 Å². The first-order valence-corrected chi connectivity index (χ1v) is 8.75. The van der Waals surface area contributed by atoms with Gasteiger partial charge in [0.2, 0.25) is 0 Å². The Labute approximate surface area is 145 Å². The van der Waals surface area contributed by atoms with Gasteiger partial charge in [-0.1, -0.05) is 37.3 Å². The van der Waals surface area contributed by atoms with Crippen molar-refractivity contribution in [2.45, 2.75) is 39.7 Å². The molecule has 1 aliphatic heterocycles. The Morgan fingerprint density at radius 3 is 2.67 bits per heavy atom. The van der Waals surface area contributed by atoms with Gasteiger partial charge in [0.15, 0.2) is 0 Å². The molecule has 4 heteroatoms. The molecule has 0 spiro atoms. The number of esters is 1. The lowest BCUT2D eigenvalue weighted by Gasteiger charge is -2.50. The van der Waals surface area contributed by atoms with Crippen LogP contribution in [0.25, 0.3) is 0 Å². The summed E-state index contributed by atoms with van der Waals surface area (Å²) in [6.07, 6.45) is 1.54. The molecule has 0 radical (unpaired) electrons. The average molecular weight is 328 g/mol. The minimum absolute atomic E-state index is 0.230. The van der Waals surface area contributed by atoms with Crippen LogP contribution in [0.2, 0.25) is 0 Å². The summed E-state index contributed by atoms with van der Waals surface area (Å²) in [6.45, 7) is 7.31. The maximum absolute atomic E-state index is 12.5. The van der Waals surface area contributed by atoms with Gasteiger partial charge in [0.1, 0.15) is 5.92 Å². The largest absolute Gasteiger partial charge is 0.465 e. The van der Waals surface area contributed by atoms with Gasteiger partial charge in [-0.15, -0.1) is 0 Å². The number of carbonyl (C=O) groups is 1. The zero-order chi connectivity index (χ0) is 17.7. The molecule has 1 aromatic rings. The van der Waals surface area contributed by atoms with E-state index in [-0.39, 0.29) is 11.9 Å². The topological polar surface area (TPSA) is 53.3 Å². The molecule has 0 amide bonds. The van der Waals surface area contributed by atoms with Crippen LogP contribution in [-0.2, 0) is 16.0 Å². The Hall–Kier alpha value is -1.86. The van der Waals surface area contributed by atoms with Gasteiger partial charge in [-0.25, -0.2) is 0 Å². The Balaban J connectivity index is 2.44. The fraction of sp³-hybridized carbons (Fsp3) is 0.600. The molecule has 0 N–H and O–H groups in total. The molecule has 1 fully saturated rings. The Morgan fingerprint density at radius 2 is 2.08 bits per heavy atom. The van der Waals surface area contributed by atoms with Gasteiger partial charge in [-0.05, 0) is 45.2 Å². The molecule has 24 heavy (non-hydrogen) atoms. The molecule has 1 saturated heterocycles. The number of piperidine rings is 1. The van der Waals surface area contributed by atoms with Crippen molar-refractivity contribution in [3.63, 3.8) is 0 Å². The Kier molecular flexibility index (Phi) is 6.01. The number of nitrogens with zero attached hydrogens (tertiary/aromatic N) is 2. The van der Waals surface area contributed by atoms with E-state index in [9.17, 15) is 10.1 Å². The van der Waals surface area contributed by atoms with Crippen LogP contribution < -0.4 is 0 Å². The second kappa shape index (κ2) is 7.81. The molecule has 0 unspecified atom stereocenters. The second-order valence-corrected chi connectivity index (χ2v) is 7.10. The molecule has 1 heterocycles. The molecule has 1 aliphatic rings. The summed E-state index contributed by atoms with van der Waals surface area (Å²) in [6, 6.07) is 12.8. The SMILES string of the molecule is CCOC(=O)[C@@H](C#N)[C@@]1(Cc2ccccc2)C[C@H](C)N(C)C[C@@H]1C. The van der Waals surface area contributed by atoms with Gasteiger partial charge in [0.25, 0.3) is 0 Å². The molecule has 4 nitrogen and oxygen atoms in total. The zero-order valence-electron chi connectivity index (χ0n) is 15.2. The van der Waals surface area contributed by atoms with E-state index < -0.39 is 11.3 Å². The van der Waals surface area contributed by atoms with E-state index in [1.165, 1.54) is 5.56 Å². The summed E-state index contributed by atoms with van der Waals surface area (Å²) >= 11 is 0. The predicted molar refractivity (Wildman–Crippen MR) is 94.2 cm³/mol. The van der Waals surface area contributed by atoms with Crippen LogP contribution in [0.3, 0.4) is 0 Å². The number of nitriles is 1. The van der Waals surface area contributed by atoms with Crippen LogP contribution in [0.15, 0.2) is 30.3 Å². The highest BCUT2D eigenvalue weighted by Gasteiger charge is 2.51. The maximum atomic E-state index is 12.5. The third kappa shape index (κ3) is 3.62. The molecule has 1 aromatic carbocycles. The van der Waals surface area contributed by atoms with Crippen LogP contribution in [0.1, 0.15) is 32.8 Å². The van der Waals surface area contributed by atoms with E-state index in [2.05, 4.69) is 44.0 Å². The number of rotatable bonds is 5. The lowest BCUT2D eigenvalue weighted by atomic mass is 9.59. The van der Waals surface area contributed by atoms with Gasteiger partial charge in [0.05, 0.1) is 12.7 Å². The molecule has 0 aromatic heterocycles. The van der Waals surface area contributed by atoms with E-state index in [0.29, 0.717) is 12.6 Å². The van der Waals surface area contributed by atoms with E-state index in [1.807, 2.05) is 18.2 Å². The van der Waals surface area contributed by atoms with Crippen molar-refractivity contribution in [2.75, 3.05) is 20.2 Å². The van der Waals surface area contributed by atoms with Gasteiger partial charge >= 0.3 is 5.97 Å². The summed E-state index contributed by atoms with van der Waals surface area (Å²) in [5, 5.41) is 9.82. The Morgan fingerprint density at radius 1 is 1.42 bits per heavy atom. The monoisotopic (exact) mass is 328 g/mol. The van der Waals surface area contributed by atoms with Crippen LogP contribution in [-0.4, -0.2) is 37.1 Å². The second-order valence-electron chi connectivity index (χ2n) is 7.10. The van der Waals surface area contributed by atoms with Crippen molar-refractivity contribution in [3.05, 3.63) is 35.9 Å². The van der Waals surface area contributed by atoms with Gasteiger partial charge in [-0.3, -0.25) is 4.79 Å². The third-order valence-electron chi connectivity index (χ3n) is 5.57. The van der Waals surface area contributed by atoms with Gasteiger partial charge in [0, 0.05) is 18.0 Å². The number of hydrogen-bond acceptors (Lipinski definition) is 4. The summed E-state index contributed by atoms with van der Waals surface area (Å²) in [5.41, 5.74) is 0.777. The molecule has 130 valence electrons.